The van der Waals surface area contributed by atoms with Gasteiger partial charge in [0.05, 0.1) is 17.7 Å². The number of amides is 1. The van der Waals surface area contributed by atoms with Crippen LogP contribution >= 0.6 is 24.0 Å². The average Bonchev–Trinajstić information content (AvgIpc) is 3.31. The zero-order valence-corrected chi connectivity index (χ0v) is 19.0. The van der Waals surface area contributed by atoms with Gasteiger partial charge in [-0.05, 0) is 42.0 Å². The molecule has 0 spiro atoms. The molecule has 0 bridgehead atoms. The number of hydrogen-bond donors (Lipinski definition) is 0. The normalized spacial score (nSPS) is 15.2. The van der Waals surface area contributed by atoms with Crippen LogP contribution in [0.3, 0.4) is 0 Å². The van der Waals surface area contributed by atoms with E-state index < -0.39 is 0 Å². The highest BCUT2D eigenvalue weighted by Gasteiger charge is 2.33. The van der Waals surface area contributed by atoms with Crippen LogP contribution in [0.15, 0.2) is 90.0 Å². The van der Waals surface area contributed by atoms with Crippen LogP contribution in [-0.4, -0.2) is 21.9 Å². The summed E-state index contributed by atoms with van der Waals surface area (Å²) < 4.78 is 7.97. The molecule has 5 rings (SSSR count). The van der Waals surface area contributed by atoms with Gasteiger partial charge in [0, 0.05) is 29.2 Å². The maximum Gasteiger partial charge on any atom is 0.270 e. The minimum atomic E-state index is -0.106. The van der Waals surface area contributed by atoms with Gasteiger partial charge in [-0.1, -0.05) is 72.5 Å². The number of carbonyl (C=O) groups is 1. The smallest absolute Gasteiger partial charge is 0.270 e. The molecule has 4 nitrogen and oxygen atoms in total. The van der Waals surface area contributed by atoms with Gasteiger partial charge in [0.25, 0.3) is 5.91 Å². The summed E-state index contributed by atoms with van der Waals surface area (Å²) in [6, 6.07) is 26.0. The Morgan fingerprint density at radius 2 is 1.69 bits per heavy atom. The van der Waals surface area contributed by atoms with Crippen molar-refractivity contribution in [3.05, 3.63) is 101 Å². The molecule has 1 aromatic heterocycles. The maximum absolute atomic E-state index is 13.2. The molecule has 1 aliphatic rings. The van der Waals surface area contributed by atoms with Crippen molar-refractivity contribution in [1.29, 1.82) is 0 Å². The summed E-state index contributed by atoms with van der Waals surface area (Å²) in [6.45, 7) is 0.766. The van der Waals surface area contributed by atoms with Crippen LogP contribution in [0.2, 0.25) is 0 Å². The number of methoxy groups -OCH3 is 1. The molecule has 3 aromatic carbocycles. The summed E-state index contributed by atoms with van der Waals surface area (Å²) in [6.07, 6.45) is 4.06. The Morgan fingerprint density at radius 1 is 0.969 bits per heavy atom. The second kappa shape index (κ2) is 8.65. The number of nitrogens with zero attached hydrogens (tertiary/aromatic N) is 2. The number of carbonyl (C=O) groups excluding carboxylic acids is 1. The Labute approximate surface area is 196 Å². The SMILES string of the molecule is COc1ccc(N2C(=O)/C(=C\c3cn(Cc4ccccc4)c4ccccc34)SC2=S)cc1. The number of thiocarbonyl (C=S) groups is 1. The van der Waals surface area contributed by atoms with E-state index in [-0.39, 0.29) is 5.91 Å². The van der Waals surface area contributed by atoms with Crippen molar-refractivity contribution in [3.8, 4) is 5.75 Å². The van der Waals surface area contributed by atoms with Crippen LogP contribution in [-0.2, 0) is 11.3 Å². The number of aromatic nitrogens is 1. The van der Waals surface area contributed by atoms with E-state index in [4.69, 9.17) is 17.0 Å². The summed E-state index contributed by atoms with van der Waals surface area (Å²) in [5, 5.41) is 1.11. The molecule has 4 aromatic rings. The molecule has 0 aliphatic carbocycles. The number of ether oxygens (including phenoxy) is 1. The number of thioether (sulfide) groups is 1. The third-order valence-electron chi connectivity index (χ3n) is 5.43. The third kappa shape index (κ3) is 3.83. The Kier molecular flexibility index (Phi) is 5.55. The highest BCUT2D eigenvalue weighted by Crippen LogP contribution is 2.37. The van der Waals surface area contributed by atoms with Crippen LogP contribution in [0.25, 0.3) is 17.0 Å². The molecule has 0 saturated carbocycles. The largest absolute Gasteiger partial charge is 0.497 e. The minimum absolute atomic E-state index is 0.106. The van der Waals surface area contributed by atoms with Gasteiger partial charge < -0.3 is 9.30 Å². The molecular formula is C26H20N2O2S2. The van der Waals surface area contributed by atoms with Gasteiger partial charge in [-0.2, -0.15) is 0 Å². The van der Waals surface area contributed by atoms with Crippen molar-refractivity contribution in [2.24, 2.45) is 0 Å². The van der Waals surface area contributed by atoms with Gasteiger partial charge in [0.2, 0.25) is 0 Å². The molecule has 158 valence electrons. The first kappa shape index (κ1) is 20.5. The number of anilines is 1. The predicted octanol–water partition coefficient (Wildman–Crippen LogP) is 6.10. The van der Waals surface area contributed by atoms with E-state index in [1.165, 1.54) is 17.3 Å². The van der Waals surface area contributed by atoms with E-state index >= 15 is 0 Å². The lowest BCUT2D eigenvalue weighted by molar-refractivity contribution is -0.113. The van der Waals surface area contributed by atoms with Crippen molar-refractivity contribution in [1.82, 2.24) is 4.57 Å². The Bertz CT molecular complexity index is 1340. The van der Waals surface area contributed by atoms with Crippen LogP contribution in [0.1, 0.15) is 11.1 Å². The average molecular weight is 457 g/mol. The summed E-state index contributed by atoms with van der Waals surface area (Å²) in [4.78, 5) is 15.4. The van der Waals surface area contributed by atoms with E-state index in [9.17, 15) is 4.79 Å². The van der Waals surface area contributed by atoms with E-state index in [2.05, 4.69) is 35.0 Å². The summed E-state index contributed by atoms with van der Waals surface area (Å²) >= 11 is 6.86. The summed E-state index contributed by atoms with van der Waals surface area (Å²) in [5.74, 6) is 0.631. The number of rotatable bonds is 5. The molecule has 1 fully saturated rings. The van der Waals surface area contributed by atoms with Gasteiger partial charge in [-0.25, -0.2) is 0 Å². The van der Waals surface area contributed by atoms with Gasteiger partial charge >= 0.3 is 0 Å². The first-order valence-corrected chi connectivity index (χ1v) is 11.4. The molecule has 0 unspecified atom stereocenters. The maximum atomic E-state index is 13.2. The second-order valence-corrected chi connectivity index (χ2v) is 9.11. The molecule has 6 heteroatoms. The zero-order chi connectivity index (χ0) is 22.1. The number of hydrogen-bond acceptors (Lipinski definition) is 4. The number of benzene rings is 3. The van der Waals surface area contributed by atoms with Gasteiger partial charge in [-0.15, -0.1) is 0 Å². The van der Waals surface area contributed by atoms with Crippen LogP contribution < -0.4 is 9.64 Å². The zero-order valence-electron chi connectivity index (χ0n) is 17.4. The van der Waals surface area contributed by atoms with E-state index in [0.29, 0.717) is 9.23 Å². The monoisotopic (exact) mass is 456 g/mol. The van der Waals surface area contributed by atoms with Gasteiger partial charge in [0.1, 0.15) is 5.75 Å². The quantitative estimate of drug-likeness (QED) is 0.268. The Hall–Kier alpha value is -3.35. The third-order valence-corrected chi connectivity index (χ3v) is 6.73. The van der Waals surface area contributed by atoms with E-state index in [1.807, 2.05) is 60.7 Å². The Balaban J connectivity index is 1.50. The van der Waals surface area contributed by atoms with Crippen molar-refractivity contribution in [2.75, 3.05) is 12.0 Å². The van der Waals surface area contributed by atoms with E-state index in [0.717, 1.165) is 34.4 Å². The predicted molar refractivity (Wildman–Crippen MR) is 136 cm³/mol. The van der Waals surface area contributed by atoms with Crippen molar-refractivity contribution < 1.29 is 9.53 Å². The fourth-order valence-corrected chi connectivity index (χ4v) is 5.15. The van der Waals surface area contributed by atoms with Crippen molar-refractivity contribution in [2.45, 2.75) is 6.54 Å². The molecule has 1 aliphatic heterocycles. The summed E-state index contributed by atoms with van der Waals surface area (Å²) in [7, 11) is 1.62. The fraction of sp³-hybridized carbons (Fsp3) is 0.0769. The lowest BCUT2D eigenvalue weighted by atomic mass is 10.1. The van der Waals surface area contributed by atoms with Crippen molar-refractivity contribution >= 4 is 56.9 Å². The first-order valence-electron chi connectivity index (χ1n) is 10.2. The van der Waals surface area contributed by atoms with Gasteiger partial charge in [0.15, 0.2) is 4.32 Å². The molecule has 1 amide bonds. The molecule has 0 atom stereocenters. The number of fused-ring (bicyclic) bond motifs is 1. The lowest BCUT2D eigenvalue weighted by Gasteiger charge is -2.14. The summed E-state index contributed by atoms with van der Waals surface area (Å²) in [5.41, 5.74) is 4.11. The second-order valence-electron chi connectivity index (χ2n) is 7.43. The highest BCUT2D eigenvalue weighted by molar-refractivity contribution is 8.27. The molecule has 0 N–H and O–H groups in total. The first-order chi connectivity index (χ1) is 15.6. The minimum Gasteiger partial charge on any atom is -0.497 e. The standard InChI is InChI=1S/C26H20N2O2S2/c1-30-21-13-11-20(12-14-21)28-25(29)24(32-26(28)31)15-19-17-27(16-18-7-3-2-4-8-18)23-10-6-5-9-22(19)23/h2-15,17H,16H2,1H3/b24-15+. The topological polar surface area (TPSA) is 34.5 Å². The Morgan fingerprint density at radius 3 is 2.44 bits per heavy atom. The van der Waals surface area contributed by atoms with Crippen LogP contribution in [0, 0.1) is 0 Å². The lowest BCUT2D eigenvalue weighted by Crippen LogP contribution is -2.27. The molecule has 0 radical (unpaired) electrons. The van der Waals surface area contributed by atoms with Gasteiger partial charge in [-0.3, -0.25) is 9.69 Å². The van der Waals surface area contributed by atoms with Crippen LogP contribution in [0.5, 0.6) is 5.75 Å². The molecule has 2 heterocycles. The molecule has 32 heavy (non-hydrogen) atoms. The highest BCUT2D eigenvalue weighted by atomic mass is 32.2. The molecule has 1 saturated heterocycles. The van der Waals surface area contributed by atoms with Crippen LogP contribution in [0.4, 0.5) is 5.69 Å². The molecular weight excluding hydrogens is 436 g/mol. The number of para-hydroxylation sites is 1. The van der Waals surface area contributed by atoms with E-state index in [1.54, 1.807) is 12.0 Å². The van der Waals surface area contributed by atoms with Crippen molar-refractivity contribution in [3.63, 3.8) is 0 Å². The fourth-order valence-electron chi connectivity index (χ4n) is 3.86.